The van der Waals surface area contributed by atoms with Crippen molar-refractivity contribution in [3.05, 3.63) is 35.5 Å². The number of carbonyl (C=O) groups is 1. The summed E-state index contributed by atoms with van der Waals surface area (Å²) in [5, 5.41) is 9.14. The molecule has 1 aromatic carbocycles. The topological polar surface area (TPSA) is 64.8 Å². The lowest BCUT2D eigenvalue weighted by Gasteiger charge is -2.31. The molecule has 2 aliphatic carbocycles. The second kappa shape index (κ2) is 8.66. The molecule has 2 heterocycles. The van der Waals surface area contributed by atoms with Gasteiger partial charge in [0.25, 0.3) is 0 Å². The number of anilines is 1. The fourth-order valence-corrected chi connectivity index (χ4v) is 6.03. The van der Waals surface area contributed by atoms with E-state index in [4.69, 9.17) is 0 Å². The fraction of sp³-hybridized carbons (Fsp3) is 0.571. The van der Waals surface area contributed by atoms with Crippen molar-refractivity contribution in [2.75, 3.05) is 11.4 Å². The first kappa shape index (κ1) is 22.2. The van der Waals surface area contributed by atoms with E-state index < -0.39 is 0 Å². The standard InChI is InChI=1S/C28H38N4O/c1-5-32(27(33)18(2)19-9-7-6-8-10-19)21-12-11-20-15-24(29-23(20)16-21)26-22-13-14-28(3,4)17-25(22)30-31-26/h11-12,15-16,18-19,29H,5-10,13-14,17H2,1-4H3,(H,30,31). The van der Waals surface area contributed by atoms with Crippen LogP contribution in [0, 0.1) is 17.3 Å². The van der Waals surface area contributed by atoms with E-state index in [0.717, 1.165) is 40.8 Å². The SMILES string of the molecule is CCN(C(=O)C(C)C1CCCCC1)c1ccc2cc(-c3n[nH]c4c3CCC(C)(C)C4)[nH]c2c1. The van der Waals surface area contributed by atoms with E-state index in [9.17, 15) is 4.79 Å². The number of benzene rings is 1. The molecule has 2 aliphatic rings. The van der Waals surface area contributed by atoms with Crippen molar-refractivity contribution in [2.24, 2.45) is 17.3 Å². The van der Waals surface area contributed by atoms with Crippen molar-refractivity contribution in [1.82, 2.24) is 15.2 Å². The van der Waals surface area contributed by atoms with Crippen molar-refractivity contribution in [3.63, 3.8) is 0 Å². The number of nitrogens with one attached hydrogen (secondary N) is 2. The van der Waals surface area contributed by atoms with Gasteiger partial charge < -0.3 is 9.88 Å². The van der Waals surface area contributed by atoms with Crippen LogP contribution < -0.4 is 4.90 Å². The first-order chi connectivity index (χ1) is 15.9. The van der Waals surface area contributed by atoms with Crippen LogP contribution in [-0.4, -0.2) is 27.6 Å². The van der Waals surface area contributed by atoms with Crippen LogP contribution in [0.4, 0.5) is 5.69 Å². The highest BCUT2D eigenvalue weighted by Crippen LogP contribution is 2.38. The van der Waals surface area contributed by atoms with Crippen molar-refractivity contribution >= 4 is 22.5 Å². The van der Waals surface area contributed by atoms with Crippen molar-refractivity contribution in [3.8, 4) is 11.4 Å². The molecule has 1 fully saturated rings. The van der Waals surface area contributed by atoms with Gasteiger partial charge in [-0.3, -0.25) is 9.89 Å². The van der Waals surface area contributed by atoms with Gasteiger partial charge in [0.15, 0.2) is 0 Å². The highest BCUT2D eigenvalue weighted by molar-refractivity contribution is 5.97. The molecule has 5 rings (SSSR count). The number of aromatic amines is 2. The Morgan fingerprint density at radius 2 is 2.00 bits per heavy atom. The Morgan fingerprint density at radius 3 is 2.76 bits per heavy atom. The average molecular weight is 447 g/mol. The summed E-state index contributed by atoms with van der Waals surface area (Å²) in [5.74, 6) is 0.872. The fourth-order valence-electron chi connectivity index (χ4n) is 6.03. The number of nitrogens with zero attached hydrogens (tertiary/aromatic N) is 2. The summed E-state index contributed by atoms with van der Waals surface area (Å²) in [6.45, 7) is 9.56. The van der Waals surface area contributed by atoms with Gasteiger partial charge in [-0.15, -0.1) is 0 Å². The number of hydrogen-bond acceptors (Lipinski definition) is 2. The second-order valence-corrected chi connectivity index (χ2v) is 11.1. The van der Waals surface area contributed by atoms with E-state index in [1.807, 2.05) is 4.90 Å². The molecular weight excluding hydrogens is 408 g/mol. The third kappa shape index (κ3) is 4.22. The minimum atomic E-state index is 0.0833. The van der Waals surface area contributed by atoms with Gasteiger partial charge in [0.1, 0.15) is 5.69 Å². The lowest BCUT2D eigenvalue weighted by atomic mass is 9.76. The van der Waals surface area contributed by atoms with E-state index in [-0.39, 0.29) is 11.8 Å². The van der Waals surface area contributed by atoms with Crippen molar-refractivity contribution in [1.29, 1.82) is 0 Å². The molecule has 2 N–H and O–H groups in total. The van der Waals surface area contributed by atoms with Gasteiger partial charge in [-0.1, -0.05) is 46.1 Å². The number of H-pyrrole nitrogens is 2. The Labute approximate surface area is 197 Å². The molecular formula is C28H38N4O. The van der Waals surface area contributed by atoms with E-state index >= 15 is 0 Å². The van der Waals surface area contributed by atoms with E-state index in [2.05, 4.69) is 67.1 Å². The van der Waals surface area contributed by atoms with Crippen LogP contribution in [0.1, 0.15) is 77.5 Å². The van der Waals surface area contributed by atoms with Gasteiger partial charge >= 0.3 is 0 Å². The predicted molar refractivity (Wildman–Crippen MR) is 135 cm³/mol. The third-order valence-corrected chi connectivity index (χ3v) is 8.16. The van der Waals surface area contributed by atoms with Crippen molar-refractivity contribution in [2.45, 2.75) is 79.1 Å². The van der Waals surface area contributed by atoms with Crippen molar-refractivity contribution < 1.29 is 4.79 Å². The Kier molecular flexibility index (Phi) is 5.84. The summed E-state index contributed by atoms with van der Waals surface area (Å²) in [6, 6.07) is 8.56. The molecule has 0 saturated heterocycles. The number of carbonyl (C=O) groups excluding carboxylic acids is 1. The van der Waals surface area contributed by atoms with E-state index in [0.29, 0.717) is 17.9 Å². The van der Waals surface area contributed by atoms with Crippen LogP contribution in [-0.2, 0) is 17.6 Å². The smallest absolute Gasteiger partial charge is 0.230 e. The number of rotatable bonds is 5. The molecule has 33 heavy (non-hydrogen) atoms. The zero-order valence-corrected chi connectivity index (χ0v) is 20.6. The maximum atomic E-state index is 13.4. The van der Waals surface area contributed by atoms with Gasteiger partial charge in [-0.2, -0.15) is 5.10 Å². The largest absolute Gasteiger partial charge is 0.353 e. The Morgan fingerprint density at radius 1 is 1.21 bits per heavy atom. The number of hydrogen-bond donors (Lipinski definition) is 2. The molecule has 1 atom stereocenters. The van der Waals surface area contributed by atoms with Gasteiger partial charge in [-0.05, 0) is 68.6 Å². The van der Waals surface area contributed by atoms with E-state index in [1.165, 1.54) is 49.8 Å². The Balaban J connectivity index is 1.41. The summed E-state index contributed by atoms with van der Waals surface area (Å²) < 4.78 is 0. The molecule has 1 saturated carbocycles. The van der Waals surface area contributed by atoms with Gasteiger partial charge in [0.2, 0.25) is 5.91 Å². The molecule has 5 nitrogen and oxygen atoms in total. The molecule has 3 aromatic rings. The normalized spacial score (nSPS) is 19.4. The summed E-state index contributed by atoms with van der Waals surface area (Å²) in [5.41, 5.74) is 7.12. The number of amides is 1. The van der Waals surface area contributed by atoms with Crippen LogP contribution >= 0.6 is 0 Å². The summed E-state index contributed by atoms with van der Waals surface area (Å²) in [6.07, 6.45) is 9.52. The first-order valence-corrected chi connectivity index (χ1v) is 12.9. The van der Waals surface area contributed by atoms with E-state index in [1.54, 1.807) is 0 Å². The quantitative estimate of drug-likeness (QED) is 0.461. The number of fused-ring (bicyclic) bond motifs is 2. The van der Waals surface area contributed by atoms with Gasteiger partial charge in [0.05, 0.1) is 5.69 Å². The molecule has 176 valence electrons. The first-order valence-electron chi connectivity index (χ1n) is 12.9. The molecule has 0 radical (unpaired) electrons. The minimum Gasteiger partial charge on any atom is -0.353 e. The monoisotopic (exact) mass is 446 g/mol. The number of aromatic nitrogens is 3. The molecule has 0 aliphatic heterocycles. The van der Waals surface area contributed by atoms with Crippen LogP contribution in [0.15, 0.2) is 24.3 Å². The summed E-state index contributed by atoms with van der Waals surface area (Å²) in [4.78, 5) is 19.0. The maximum Gasteiger partial charge on any atom is 0.230 e. The predicted octanol–water partition coefficient (Wildman–Crippen LogP) is 6.64. The minimum absolute atomic E-state index is 0.0833. The molecule has 5 heteroatoms. The molecule has 2 aromatic heterocycles. The lowest BCUT2D eigenvalue weighted by Crippen LogP contribution is -2.38. The lowest BCUT2D eigenvalue weighted by molar-refractivity contribution is -0.123. The third-order valence-electron chi connectivity index (χ3n) is 8.16. The molecule has 0 spiro atoms. The molecule has 1 amide bonds. The van der Waals surface area contributed by atoms with Gasteiger partial charge in [0, 0.05) is 40.3 Å². The van der Waals surface area contributed by atoms with Gasteiger partial charge in [-0.25, -0.2) is 0 Å². The zero-order chi connectivity index (χ0) is 23.2. The summed E-state index contributed by atoms with van der Waals surface area (Å²) in [7, 11) is 0. The molecule has 0 bridgehead atoms. The highest BCUT2D eigenvalue weighted by atomic mass is 16.2. The summed E-state index contributed by atoms with van der Waals surface area (Å²) >= 11 is 0. The average Bonchev–Trinajstić information content (AvgIpc) is 3.41. The molecule has 1 unspecified atom stereocenters. The van der Waals surface area contributed by atoms with Crippen LogP contribution in [0.3, 0.4) is 0 Å². The highest BCUT2D eigenvalue weighted by Gasteiger charge is 2.31. The Hall–Kier alpha value is -2.56. The Bertz CT molecular complexity index is 1150. The van der Waals surface area contributed by atoms with Crippen LogP contribution in [0.5, 0.6) is 0 Å². The maximum absolute atomic E-state index is 13.4. The van der Waals surface area contributed by atoms with Crippen LogP contribution in [0.2, 0.25) is 0 Å². The second-order valence-electron chi connectivity index (χ2n) is 11.1. The van der Waals surface area contributed by atoms with Crippen LogP contribution in [0.25, 0.3) is 22.3 Å². The zero-order valence-electron chi connectivity index (χ0n) is 20.6.